The van der Waals surface area contributed by atoms with Crippen LogP contribution in [0.2, 0.25) is 0 Å². The number of aromatic amines is 1. The number of para-hydroxylation sites is 1. The molecule has 0 unspecified atom stereocenters. The van der Waals surface area contributed by atoms with Crippen molar-refractivity contribution >= 4 is 28.6 Å². The van der Waals surface area contributed by atoms with Crippen molar-refractivity contribution in [2.24, 2.45) is 0 Å². The van der Waals surface area contributed by atoms with Gasteiger partial charge in [0.1, 0.15) is 0 Å². The Labute approximate surface area is 146 Å². The predicted octanol–water partition coefficient (Wildman–Crippen LogP) is 4.15. The van der Waals surface area contributed by atoms with Crippen molar-refractivity contribution in [2.45, 2.75) is 18.6 Å². The molecule has 2 aromatic carbocycles. The van der Waals surface area contributed by atoms with Crippen LogP contribution in [-0.4, -0.2) is 23.2 Å². The number of benzene rings is 2. The number of hydrogen-bond acceptors (Lipinski definition) is 2. The normalized spacial score (nSPS) is 10.8. The standard InChI is InChI=1S/C20H22N2OS/c23-20(21-12-10-16-6-2-1-3-7-16)11-13-24-15-17-14-22-19-9-5-4-8-18(17)19/h1-9,14,22H,10-13,15H2,(H,21,23). The van der Waals surface area contributed by atoms with Crippen LogP contribution in [0.5, 0.6) is 0 Å². The Morgan fingerprint density at radius 2 is 1.83 bits per heavy atom. The predicted molar refractivity (Wildman–Crippen MR) is 102 cm³/mol. The molecule has 24 heavy (non-hydrogen) atoms. The molecule has 3 nitrogen and oxygen atoms in total. The summed E-state index contributed by atoms with van der Waals surface area (Å²) >= 11 is 1.80. The van der Waals surface area contributed by atoms with Gasteiger partial charge in [-0.1, -0.05) is 48.5 Å². The first-order valence-electron chi connectivity index (χ1n) is 8.26. The van der Waals surface area contributed by atoms with Gasteiger partial charge in [-0.25, -0.2) is 0 Å². The maximum absolute atomic E-state index is 11.9. The summed E-state index contributed by atoms with van der Waals surface area (Å²) in [5, 5.41) is 4.27. The van der Waals surface area contributed by atoms with Gasteiger partial charge >= 0.3 is 0 Å². The highest BCUT2D eigenvalue weighted by Gasteiger charge is 2.04. The summed E-state index contributed by atoms with van der Waals surface area (Å²) in [6.45, 7) is 0.704. The van der Waals surface area contributed by atoms with Gasteiger partial charge in [0.2, 0.25) is 5.91 Å². The van der Waals surface area contributed by atoms with E-state index in [1.807, 2.05) is 24.3 Å². The number of amides is 1. The van der Waals surface area contributed by atoms with E-state index in [0.29, 0.717) is 13.0 Å². The lowest BCUT2D eigenvalue weighted by Gasteiger charge is -2.05. The summed E-state index contributed by atoms with van der Waals surface area (Å²) in [6, 6.07) is 18.6. The van der Waals surface area contributed by atoms with E-state index < -0.39 is 0 Å². The maximum atomic E-state index is 11.9. The quantitative estimate of drug-likeness (QED) is 0.606. The number of fused-ring (bicyclic) bond motifs is 1. The third kappa shape index (κ3) is 4.65. The molecule has 0 aliphatic heterocycles. The molecule has 4 heteroatoms. The van der Waals surface area contributed by atoms with Crippen LogP contribution in [0.1, 0.15) is 17.5 Å². The molecule has 1 aromatic heterocycles. The summed E-state index contributed by atoms with van der Waals surface area (Å²) in [4.78, 5) is 15.2. The van der Waals surface area contributed by atoms with Gasteiger partial charge in [0.05, 0.1) is 0 Å². The second-order valence-electron chi connectivity index (χ2n) is 5.75. The highest BCUT2D eigenvalue weighted by molar-refractivity contribution is 7.98. The molecule has 0 saturated carbocycles. The summed E-state index contributed by atoms with van der Waals surface area (Å²) in [7, 11) is 0. The number of nitrogens with one attached hydrogen (secondary N) is 2. The molecule has 1 amide bonds. The first-order valence-corrected chi connectivity index (χ1v) is 9.42. The van der Waals surface area contributed by atoms with Crippen molar-refractivity contribution in [3.05, 3.63) is 71.9 Å². The van der Waals surface area contributed by atoms with Crippen LogP contribution < -0.4 is 5.32 Å². The second-order valence-corrected chi connectivity index (χ2v) is 6.85. The van der Waals surface area contributed by atoms with Gasteiger partial charge in [0, 0.05) is 41.6 Å². The maximum Gasteiger partial charge on any atom is 0.220 e. The van der Waals surface area contributed by atoms with Gasteiger partial charge in [-0.15, -0.1) is 0 Å². The van der Waals surface area contributed by atoms with Gasteiger partial charge in [-0.05, 0) is 23.6 Å². The number of rotatable bonds is 8. The molecular formula is C20H22N2OS. The summed E-state index contributed by atoms with van der Waals surface area (Å²) in [5.74, 6) is 1.91. The Morgan fingerprint density at radius 1 is 1.04 bits per heavy atom. The molecule has 3 rings (SSSR count). The van der Waals surface area contributed by atoms with Crippen molar-refractivity contribution in [1.29, 1.82) is 0 Å². The van der Waals surface area contributed by atoms with E-state index >= 15 is 0 Å². The van der Waals surface area contributed by atoms with Gasteiger partial charge in [0.15, 0.2) is 0 Å². The molecule has 0 spiro atoms. The van der Waals surface area contributed by atoms with Crippen LogP contribution in [0, 0.1) is 0 Å². The summed E-state index contributed by atoms with van der Waals surface area (Å²) < 4.78 is 0. The number of thioether (sulfide) groups is 1. The van der Waals surface area contributed by atoms with E-state index in [-0.39, 0.29) is 5.91 Å². The molecule has 0 bridgehead atoms. The van der Waals surface area contributed by atoms with Crippen LogP contribution in [0.25, 0.3) is 10.9 Å². The highest BCUT2D eigenvalue weighted by Crippen LogP contribution is 2.22. The molecule has 124 valence electrons. The zero-order valence-corrected chi connectivity index (χ0v) is 14.4. The average molecular weight is 338 g/mol. The SMILES string of the molecule is O=C(CCSCc1c[nH]c2ccccc12)NCCc1ccccc1. The van der Waals surface area contributed by atoms with Crippen LogP contribution in [-0.2, 0) is 17.0 Å². The smallest absolute Gasteiger partial charge is 0.220 e. The third-order valence-electron chi connectivity index (χ3n) is 3.98. The molecule has 0 aliphatic carbocycles. The van der Waals surface area contributed by atoms with E-state index in [9.17, 15) is 4.79 Å². The zero-order chi connectivity index (χ0) is 16.6. The number of carbonyl (C=O) groups excluding carboxylic acids is 1. The van der Waals surface area contributed by atoms with E-state index in [2.05, 4.69) is 46.8 Å². The lowest BCUT2D eigenvalue weighted by molar-refractivity contribution is -0.120. The Bertz CT molecular complexity index is 782. The fraction of sp³-hybridized carbons (Fsp3) is 0.250. The average Bonchev–Trinajstić information content (AvgIpc) is 3.03. The molecule has 2 N–H and O–H groups in total. The Kier molecular flexibility index (Phi) is 5.96. The first kappa shape index (κ1) is 16.7. The Morgan fingerprint density at radius 3 is 2.71 bits per heavy atom. The third-order valence-corrected chi connectivity index (χ3v) is 4.99. The van der Waals surface area contributed by atoms with Gasteiger partial charge < -0.3 is 10.3 Å². The van der Waals surface area contributed by atoms with Crippen molar-refractivity contribution in [3.63, 3.8) is 0 Å². The van der Waals surface area contributed by atoms with Crippen molar-refractivity contribution in [2.75, 3.05) is 12.3 Å². The molecule has 0 aliphatic rings. The minimum absolute atomic E-state index is 0.136. The lowest BCUT2D eigenvalue weighted by atomic mass is 10.1. The van der Waals surface area contributed by atoms with E-state index in [1.54, 1.807) is 11.8 Å². The van der Waals surface area contributed by atoms with Crippen molar-refractivity contribution < 1.29 is 4.79 Å². The number of carbonyl (C=O) groups is 1. The number of H-pyrrole nitrogens is 1. The lowest BCUT2D eigenvalue weighted by Crippen LogP contribution is -2.25. The molecule has 3 aromatic rings. The molecule has 0 atom stereocenters. The van der Waals surface area contributed by atoms with Crippen molar-refractivity contribution in [1.82, 2.24) is 10.3 Å². The largest absolute Gasteiger partial charge is 0.361 e. The zero-order valence-electron chi connectivity index (χ0n) is 13.6. The van der Waals surface area contributed by atoms with Gasteiger partial charge in [-0.2, -0.15) is 11.8 Å². The highest BCUT2D eigenvalue weighted by atomic mass is 32.2. The van der Waals surface area contributed by atoms with E-state index in [1.165, 1.54) is 22.0 Å². The molecule has 0 saturated heterocycles. The van der Waals surface area contributed by atoms with Crippen molar-refractivity contribution in [3.8, 4) is 0 Å². The van der Waals surface area contributed by atoms with E-state index in [0.717, 1.165) is 17.9 Å². The van der Waals surface area contributed by atoms with Crippen LogP contribution in [0.15, 0.2) is 60.8 Å². The number of hydrogen-bond donors (Lipinski definition) is 2. The molecule has 1 heterocycles. The molecular weight excluding hydrogens is 316 g/mol. The Hall–Kier alpha value is -2.20. The van der Waals surface area contributed by atoms with Crippen LogP contribution in [0.3, 0.4) is 0 Å². The topological polar surface area (TPSA) is 44.9 Å². The van der Waals surface area contributed by atoms with Crippen LogP contribution in [0.4, 0.5) is 0 Å². The number of aromatic nitrogens is 1. The van der Waals surface area contributed by atoms with E-state index in [4.69, 9.17) is 0 Å². The summed E-state index contributed by atoms with van der Waals surface area (Å²) in [6.07, 6.45) is 3.52. The fourth-order valence-electron chi connectivity index (χ4n) is 2.68. The molecule has 0 fully saturated rings. The van der Waals surface area contributed by atoms with Gasteiger partial charge in [0.25, 0.3) is 0 Å². The van der Waals surface area contributed by atoms with Crippen LogP contribution >= 0.6 is 11.8 Å². The minimum atomic E-state index is 0.136. The Balaban J connectivity index is 1.33. The monoisotopic (exact) mass is 338 g/mol. The first-order chi connectivity index (χ1) is 11.8. The summed E-state index contributed by atoms with van der Waals surface area (Å²) in [5.41, 5.74) is 3.73. The van der Waals surface area contributed by atoms with Gasteiger partial charge in [-0.3, -0.25) is 4.79 Å². The molecule has 0 radical (unpaired) electrons. The second kappa shape index (κ2) is 8.60. The minimum Gasteiger partial charge on any atom is -0.361 e. The fourth-order valence-corrected chi connectivity index (χ4v) is 3.61.